The molecule has 0 aliphatic rings. The first kappa shape index (κ1) is 21.0. The predicted octanol–water partition coefficient (Wildman–Crippen LogP) is 3.44. The topological polar surface area (TPSA) is 82.7 Å². The Balaban J connectivity index is 1.95. The quantitative estimate of drug-likeness (QED) is 0.440. The largest absolute Gasteiger partial charge is 0.396 e. The summed E-state index contributed by atoms with van der Waals surface area (Å²) in [5.41, 5.74) is 1.80. The lowest BCUT2D eigenvalue weighted by Gasteiger charge is -2.20. The van der Waals surface area contributed by atoms with Crippen LogP contribution < -0.4 is 10.6 Å². The molecule has 0 fully saturated rings. The number of rotatable bonds is 10. The highest BCUT2D eigenvalue weighted by molar-refractivity contribution is 5.79. The fraction of sp³-hybridized carbons (Fsp3) is 0.524. The van der Waals surface area contributed by atoms with Crippen molar-refractivity contribution in [1.29, 1.82) is 0 Å². The van der Waals surface area contributed by atoms with Gasteiger partial charge in [0.1, 0.15) is 5.69 Å². The number of guanidine groups is 1. The molecule has 2 rings (SSSR count). The maximum atomic E-state index is 9.27. The first-order chi connectivity index (χ1) is 13.1. The molecule has 0 aliphatic carbocycles. The van der Waals surface area contributed by atoms with E-state index in [0.717, 1.165) is 48.9 Å². The zero-order valence-corrected chi connectivity index (χ0v) is 16.6. The maximum absolute atomic E-state index is 9.27. The first-order valence-electron chi connectivity index (χ1n) is 9.76. The Kier molecular flexibility index (Phi) is 8.84. The van der Waals surface area contributed by atoms with Gasteiger partial charge in [-0.3, -0.25) is 0 Å². The smallest absolute Gasteiger partial charge is 0.191 e. The van der Waals surface area contributed by atoms with Gasteiger partial charge >= 0.3 is 0 Å². The standard InChI is InChI=1S/C21H32N4O2/c1-4-22-21(23-14-17(10-11-26)12-16(2)3)24-15-19-13-20(27-25-19)18-8-6-5-7-9-18/h5-9,13,16-17,26H,4,10-12,14-15H2,1-3H3,(H2,22,23,24). The molecule has 1 unspecified atom stereocenters. The molecule has 1 heterocycles. The molecular formula is C21H32N4O2. The van der Waals surface area contributed by atoms with Crippen molar-refractivity contribution in [3.8, 4) is 11.3 Å². The highest BCUT2D eigenvalue weighted by Gasteiger charge is 2.12. The summed E-state index contributed by atoms with van der Waals surface area (Å²) in [4.78, 5) is 4.61. The van der Waals surface area contributed by atoms with Gasteiger partial charge in [0, 0.05) is 31.3 Å². The summed E-state index contributed by atoms with van der Waals surface area (Å²) < 4.78 is 5.43. The third-order valence-electron chi connectivity index (χ3n) is 4.26. The van der Waals surface area contributed by atoms with Crippen molar-refractivity contribution in [2.75, 3.05) is 19.7 Å². The number of aromatic nitrogens is 1. The minimum atomic E-state index is 0.216. The van der Waals surface area contributed by atoms with Crippen molar-refractivity contribution in [3.05, 3.63) is 42.1 Å². The Hall–Kier alpha value is -2.34. The summed E-state index contributed by atoms with van der Waals surface area (Å²) in [5, 5.41) is 20.0. The molecule has 1 aromatic heterocycles. The summed E-state index contributed by atoms with van der Waals surface area (Å²) in [7, 11) is 0. The van der Waals surface area contributed by atoms with Crippen molar-refractivity contribution in [3.63, 3.8) is 0 Å². The van der Waals surface area contributed by atoms with Crippen LogP contribution >= 0.6 is 0 Å². The van der Waals surface area contributed by atoms with Crippen LogP contribution in [0.2, 0.25) is 0 Å². The number of aliphatic hydroxyl groups is 1. The van der Waals surface area contributed by atoms with Crippen LogP contribution in [-0.4, -0.2) is 35.9 Å². The minimum absolute atomic E-state index is 0.216. The lowest BCUT2D eigenvalue weighted by atomic mass is 9.94. The van der Waals surface area contributed by atoms with Crippen LogP contribution in [0.1, 0.15) is 39.3 Å². The van der Waals surface area contributed by atoms with Gasteiger partial charge in [0.15, 0.2) is 11.7 Å². The van der Waals surface area contributed by atoms with E-state index in [9.17, 15) is 5.11 Å². The molecule has 0 bridgehead atoms. The van der Waals surface area contributed by atoms with E-state index in [4.69, 9.17) is 4.52 Å². The molecule has 148 valence electrons. The van der Waals surface area contributed by atoms with E-state index in [0.29, 0.717) is 18.4 Å². The molecule has 2 aromatic rings. The van der Waals surface area contributed by atoms with Crippen molar-refractivity contribution in [2.45, 2.75) is 40.2 Å². The van der Waals surface area contributed by atoms with E-state index in [1.54, 1.807) is 0 Å². The number of hydrogen-bond acceptors (Lipinski definition) is 4. The summed E-state index contributed by atoms with van der Waals surface area (Å²) in [6, 6.07) is 11.8. The minimum Gasteiger partial charge on any atom is -0.396 e. The molecule has 27 heavy (non-hydrogen) atoms. The van der Waals surface area contributed by atoms with Crippen molar-refractivity contribution >= 4 is 5.96 Å². The van der Waals surface area contributed by atoms with E-state index in [2.05, 4.69) is 34.6 Å². The number of benzene rings is 1. The molecule has 0 spiro atoms. The molecule has 1 atom stereocenters. The van der Waals surface area contributed by atoms with Gasteiger partial charge in [-0.25, -0.2) is 4.99 Å². The van der Waals surface area contributed by atoms with Crippen LogP contribution in [0.5, 0.6) is 0 Å². The molecule has 0 amide bonds. The number of nitrogens with zero attached hydrogens (tertiary/aromatic N) is 2. The second-order valence-electron chi connectivity index (χ2n) is 7.13. The predicted molar refractivity (Wildman–Crippen MR) is 109 cm³/mol. The number of aliphatic hydroxyl groups excluding tert-OH is 1. The first-order valence-corrected chi connectivity index (χ1v) is 9.76. The fourth-order valence-corrected chi connectivity index (χ4v) is 3.02. The second-order valence-corrected chi connectivity index (χ2v) is 7.13. The normalized spacial score (nSPS) is 13.0. The number of nitrogens with one attached hydrogen (secondary N) is 2. The van der Waals surface area contributed by atoms with Crippen molar-refractivity contribution in [2.24, 2.45) is 16.8 Å². The Morgan fingerprint density at radius 1 is 1.22 bits per heavy atom. The van der Waals surface area contributed by atoms with Gasteiger partial charge in [-0.05, 0) is 31.6 Å². The molecule has 3 N–H and O–H groups in total. The maximum Gasteiger partial charge on any atom is 0.191 e. The highest BCUT2D eigenvalue weighted by atomic mass is 16.5. The fourth-order valence-electron chi connectivity index (χ4n) is 3.02. The number of hydrogen-bond donors (Lipinski definition) is 3. The monoisotopic (exact) mass is 372 g/mol. The van der Waals surface area contributed by atoms with Crippen LogP contribution in [0, 0.1) is 11.8 Å². The van der Waals surface area contributed by atoms with Gasteiger partial charge < -0.3 is 20.3 Å². The molecule has 6 nitrogen and oxygen atoms in total. The Morgan fingerprint density at radius 2 is 2.00 bits per heavy atom. The van der Waals surface area contributed by atoms with Crippen molar-refractivity contribution < 1.29 is 9.63 Å². The summed E-state index contributed by atoms with van der Waals surface area (Å²) in [6.45, 7) is 8.69. The molecule has 1 aromatic carbocycles. The van der Waals surface area contributed by atoms with Gasteiger partial charge in [0.25, 0.3) is 0 Å². The van der Waals surface area contributed by atoms with Crippen LogP contribution in [0.15, 0.2) is 45.9 Å². The third kappa shape index (κ3) is 7.43. The van der Waals surface area contributed by atoms with Gasteiger partial charge in [0.2, 0.25) is 0 Å². The average molecular weight is 373 g/mol. The SMILES string of the molecule is CCNC(=NCc1cc(-c2ccccc2)on1)NCC(CCO)CC(C)C. The summed E-state index contributed by atoms with van der Waals surface area (Å²) in [5.74, 6) is 2.54. The highest BCUT2D eigenvalue weighted by Crippen LogP contribution is 2.20. The summed E-state index contributed by atoms with van der Waals surface area (Å²) >= 11 is 0. The molecule has 0 saturated carbocycles. The van der Waals surface area contributed by atoms with Crippen molar-refractivity contribution in [1.82, 2.24) is 15.8 Å². The molecular weight excluding hydrogens is 340 g/mol. The van der Waals surface area contributed by atoms with Crippen LogP contribution in [-0.2, 0) is 6.54 Å². The van der Waals surface area contributed by atoms with Crippen LogP contribution in [0.3, 0.4) is 0 Å². The van der Waals surface area contributed by atoms with E-state index in [1.165, 1.54) is 0 Å². The summed E-state index contributed by atoms with van der Waals surface area (Å²) in [6.07, 6.45) is 1.88. The van der Waals surface area contributed by atoms with E-state index in [1.807, 2.05) is 43.3 Å². The van der Waals surface area contributed by atoms with Crippen LogP contribution in [0.4, 0.5) is 0 Å². The second kappa shape index (κ2) is 11.4. The van der Waals surface area contributed by atoms with Gasteiger partial charge in [0.05, 0.1) is 6.54 Å². The molecule has 0 saturated heterocycles. The van der Waals surface area contributed by atoms with E-state index >= 15 is 0 Å². The lowest BCUT2D eigenvalue weighted by Crippen LogP contribution is -2.40. The zero-order chi connectivity index (χ0) is 19.5. The zero-order valence-electron chi connectivity index (χ0n) is 16.6. The lowest BCUT2D eigenvalue weighted by molar-refractivity contribution is 0.243. The van der Waals surface area contributed by atoms with Crippen LogP contribution in [0.25, 0.3) is 11.3 Å². The molecule has 0 radical (unpaired) electrons. The average Bonchev–Trinajstić information content (AvgIpc) is 3.13. The molecule has 6 heteroatoms. The van der Waals surface area contributed by atoms with E-state index < -0.39 is 0 Å². The van der Waals surface area contributed by atoms with Gasteiger partial charge in [-0.2, -0.15) is 0 Å². The molecule has 0 aliphatic heterocycles. The third-order valence-corrected chi connectivity index (χ3v) is 4.26. The van der Waals surface area contributed by atoms with Gasteiger partial charge in [-0.1, -0.05) is 49.3 Å². The van der Waals surface area contributed by atoms with E-state index in [-0.39, 0.29) is 6.61 Å². The Bertz CT molecular complexity index is 682. The Morgan fingerprint density at radius 3 is 2.67 bits per heavy atom. The number of aliphatic imine (C=N–C) groups is 1. The Labute approximate surface area is 162 Å². The van der Waals surface area contributed by atoms with Gasteiger partial charge in [-0.15, -0.1) is 0 Å².